The number of aromatic nitrogens is 1. The van der Waals surface area contributed by atoms with Crippen LogP contribution in [0.1, 0.15) is 6.92 Å². The van der Waals surface area contributed by atoms with Gasteiger partial charge in [-0.1, -0.05) is 29.3 Å². The van der Waals surface area contributed by atoms with Gasteiger partial charge in [0.05, 0.1) is 10.0 Å². The third-order valence-electron chi connectivity index (χ3n) is 2.88. The number of carbonyl (C=O) groups excluding carboxylic acids is 2. The van der Waals surface area contributed by atoms with E-state index < -0.39 is 30.4 Å². The Hall–Kier alpha value is -2.38. The third-order valence-corrected chi connectivity index (χ3v) is 3.37. The second kappa shape index (κ2) is 8.64. The first-order chi connectivity index (χ1) is 11.8. The Labute approximate surface area is 152 Å². The molecule has 0 fully saturated rings. The molecule has 132 valence electrons. The Bertz CT molecular complexity index is 788. The van der Waals surface area contributed by atoms with Crippen LogP contribution < -0.4 is 10.1 Å². The lowest BCUT2D eigenvalue weighted by molar-refractivity contribution is -0.155. The summed E-state index contributed by atoms with van der Waals surface area (Å²) < 4.78 is 23.0. The molecular weight excluding hydrogens is 374 g/mol. The summed E-state index contributed by atoms with van der Waals surface area (Å²) in [5.41, 5.74) is 0. The summed E-state index contributed by atoms with van der Waals surface area (Å²) in [6.07, 6.45) is 0.198. The van der Waals surface area contributed by atoms with Crippen molar-refractivity contribution in [3.8, 4) is 5.75 Å². The lowest BCUT2D eigenvalue weighted by Gasteiger charge is -2.14. The number of nitrogens with one attached hydrogen (secondary N) is 1. The highest BCUT2D eigenvalue weighted by atomic mass is 35.5. The summed E-state index contributed by atoms with van der Waals surface area (Å²) in [6, 6.07) is 6.70. The molecule has 0 saturated heterocycles. The molecule has 0 bridgehead atoms. The molecule has 2 aromatic rings. The van der Waals surface area contributed by atoms with E-state index in [1.165, 1.54) is 37.4 Å². The molecule has 0 unspecified atom stereocenters. The molecule has 1 amide bonds. The van der Waals surface area contributed by atoms with E-state index in [2.05, 4.69) is 10.3 Å². The van der Waals surface area contributed by atoms with Gasteiger partial charge in [0.2, 0.25) is 0 Å². The van der Waals surface area contributed by atoms with Crippen LogP contribution in [0.3, 0.4) is 0 Å². The first-order valence-corrected chi connectivity index (χ1v) is 7.80. The maximum Gasteiger partial charge on any atom is 0.344 e. The van der Waals surface area contributed by atoms with Crippen molar-refractivity contribution < 1.29 is 23.5 Å². The Kier molecular flexibility index (Phi) is 6.55. The fraction of sp³-hybridized carbons (Fsp3) is 0.188. The highest BCUT2D eigenvalue weighted by Crippen LogP contribution is 2.22. The van der Waals surface area contributed by atoms with E-state index in [4.69, 9.17) is 32.7 Å². The molecule has 0 spiro atoms. The summed E-state index contributed by atoms with van der Waals surface area (Å²) >= 11 is 11.6. The number of nitrogens with zero attached hydrogens (tertiary/aromatic N) is 1. The summed E-state index contributed by atoms with van der Waals surface area (Å²) in [5.74, 6) is -1.65. The van der Waals surface area contributed by atoms with Gasteiger partial charge >= 0.3 is 5.97 Å². The number of amides is 1. The molecule has 0 saturated carbocycles. The quantitative estimate of drug-likeness (QED) is 0.768. The van der Waals surface area contributed by atoms with E-state index in [0.717, 1.165) is 6.07 Å². The second-order valence-corrected chi connectivity index (χ2v) is 5.69. The molecule has 1 heterocycles. The standard InChI is InChI=1S/C16H13Cl2FN2O4/c1-9(16(23)21-15-13(18)5-10(17)7-20-15)25-14(22)8-24-12-4-2-3-11(19)6-12/h2-7,9H,8H2,1H3,(H,20,21,23)/t9-/m1/s1. The minimum Gasteiger partial charge on any atom is -0.482 e. The van der Waals surface area contributed by atoms with Gasteiger partial charge in [-0.3, -0.25) is 4.79 Å². The number of hydrogen-bond donors (Lipinski definition) is 1. The lowest BCUT2D eigenvalue weighted by atomic mass is 10.3. The Morgan fingerprint density at radius 2 is 2.08 bits per heavy atom. The zero-order valence-electron chi connectivity index (χ0n) is 13.0. The number of halogens is 3. The molecule has 2 rings (SSSR count). The van der Waals surface area contributed by atoms with Crippen LogP contribution in [0.4, 0.5) is 10.2 Å². The Balaban J connectivity index is 1.84. The maximum absolute atomic E-state index is 13.0. The molecule has 0 radical (unpaired) electrons. The van der Waals surface area contributed by atoms with E-state index in [1.807, 2.05) is 0 Å². The van der Waals surface area contributed by atoms with E-state index >= 15 is 0 Å². The monoisotopic (exact) mass is 386 g/mol. The van der Waals surface area contributed by atoms with Crippen LogP contribution in [0.2, 0.25) is 10.0 Å². The van der Waals surface area contributed by atoms with E-state index in [9.17, 15) is 14.0 Å². The third kappa shape index (κ3) is 5.88. The topological polar surface area (TPSA) is 77.5 Å². The number of ether oxygens (including phenoxy) is 2. The van der Waals surface area contributed by atoms with Crippen molar-refractivity contribution in [3.05, 3.63) is 52.4 Å². The highest BCUT2D eigenvalue weighted by Gasteiger charge is 2.19. The first kappa shape index (κ1) is 19.0. The molecule has 9 heteroatoms. The van der Waals surface area contributed by atoms with E-state index in [-0.39, 0.29) is 16.6 Å². The summed E-state index contributed by atoms with van der Waals surface area (Å²) in [7, 11) is 0. The summed E-state index contributed by atoms with van der Waals surface area (Å²) in [6.45, 7) is 0.903. The molecular formula is C16H13Cl2FN2O4. The van der Waals surface area contributed by atoms with Crippen LogP contribution in [-0.2, 0) is 14.3 Å². The zero-order valence-corrected chi connectivity index (χ0v) is 14.5. The van der Waals surface area contributed by atoms with Crippen molar-refractivity contribution >= 4 is 40.9 Å². The molecule has 25 heavy (non-hydrogen) atoms. The predicted molar refractivity (Wildman–Crippen MR) is 90.3 cm³/mol. The van der Waals surface area contributed by atoms with Crippen molar-refractivity contribution in [2.45, 2.75) is 13.0 Å². The largest absolute Gasteiger partial charge is 0.482 e. The van der Waals surface area contributed by atoms with Crippen LogP contribution in [0, 0.1) is 5.82 Å². The highest BCUT2D eigenvalue weighted by molar-refractivity contribution is 6.36. The van der Waals surface area contributed by atoms with Gasteiger partial charge in [-0.15, -0.1) is 0 Å². The van der Waals surface area contributed by atoms with Gasteiger partial charge < -0.3 is 14.8 Å². The Morgan fingerprint density at radius 3 is 2.76 bits per heavy atom. The van der Waals surface area contributed by atoms with Gasteiger partial charge in [0.25, 0.3) is 5.91 Å². The van der Waals surface area contributed by atoms with Gasteiger partial charge in [0.15, 0.2) is 18.5 Å². The van der Waals surface area contributed by atoms with Crippen molar-refractivity contribution in [2.75, 3.05) is 11.9 Å². The fourth-order valence-corrected chi connectivity index (χ4v) is 2.14. The lowest BCUT2D eigenvalue weighted by Crippen LogP contribution is -2.32. The number of pyridine rings is 1. The van der Waals surface area contributed by atoms with Crippen LogP contribution in [0.15, 0.2) is 36.5 Å². The molecule has 1 aromatic heterocycles. The summed E-state index contributed by atoms with van der Waals surface area (Å²) in [4.78, 5) is 27.6. The fourth-order valence-electron chi connectivity index (χ4n) is 1.71. The number of anilines is 1. The minimum absolute atomic E-state index is 0.0926. The van der Waals surface area contributed by atoms with Crippen LogP contribution in [0.25, 0.3) is 0 Å². The molecule has 0 aliphatic carbocycles. The second-order valence-electron chi connectivity index (χ2n) is 4.85. The van der Waals surface area contributed by atoms with Crippen molar-refractivity contribution in [1.82, 2.24) is 4.98 Å². The predicted octanol–water partition coefficient (Wildman–Crippen LogP) is 3.48. The van der Waals surface area contributed by atoms with Gasteiger partial charge in [-0.2, -0.15) is 0 Å². The van der Waals surface area contributed by atoms with E-state index in [0.29, 0.717) is 5.02 Å². The molecule has 6 nitrogen and oxygen atoms in total. The average molecular weight is 387 g/mol. The number of esters is 1. The van der Waals surface area contributed by atoms with Crippen molar-refractivity contribution in [2.24, 2.45) is 0 Å². The number of carbonyl (C=O) groups is 2. The van der Waals surface area contributed by atoms with Crippen LogP contribution in [0.5, 0.6) is 5.75 Å². The number of hydrogen-bond acceptors (Lipinski definition) is 5. The number of rotatable bonds is 6. The van der Waals surface area contributed by atoms with Gasteiger partial charge in [-0.25, -0.2) is 14.2 Å². The van der Waals surface area contributed by atoms with Gasteiger partial charge in [-0.05, 0) is 25.1 Å². The minimum atomic E-state index is -1.11. The SMILES string of the molecule is C[C@@H](OC(=O)COc1cccc(F)c1)C(=O)Nc1ncc(Cl)cc1Cl. The van der Waals surface area contributed by atoms with Crippen LogP contribution in [-0.4, -0.2) is 29.6 Å². The zero-order chi connectivity index (χ0) is 18.4. The first-order valence-electron chi connectivity index (χ1n) is 7.05. The Morgan fingerprint density at radius 1 is 1.32 bits per heavy atom. The maximum atomic E-state index is 13.0. The smallest absolute Gasteiger partial charge is 0.344 e. The van der Waals surface area contributed by atoms with Crippen LogP contribution >= 0.6 is 23.2 Å². The van der Waals surface area contributed by atoms with Crippen molar-refractivity contribution in [1.29, 1.82) is 0 Å². The van der Waals surface area contributed by atoms with Crippen molar-refractivity contribution in [3.63, 3.8) is 0 Å². The summed E-state index contributed by atoms with van der Waals surface area (Å²) in [5, 5.41) is 2.88. The molecule has 1 aromatic carbocycles. The van der Waals surface area contributed by atoms with E-state index in [1.54, 1.807) is 0 Å². The molecule has 1 atom stereocenters. The average Bonchev–Trinajstić information content (AvgIpc) is 2.55. The molecule has 1 N–H and O–H groups in total. The normalized spacial score (nSPS) is 11.5. The van der Waals surface area contributed by atoms with Gasteiger partial charge in [0, 0.05) is 12.3 Å². The molecule has 0 aliphatic heterocycles. The van der Waals surface area contributed by atoms with Gasteiger partial charge in [0.1, 0.15) is 11.6 Å². The molecule has 0 aliphatic rings. The number of benzene rings is 1.